The van der Waals surface area contributed by atoms with Gasteiger partial charge in [0.2, 0.25) is 0 Å². The summed E-state index contributed by atoms with van der Waals surface area (Å²) in [5, 5.41) is 0. The van der Waals surface area contributed by atoms with Crippen molar-refractivity contribution < 1.29 is 8.42 Å². The zero-order valence-corrected chi connectivity index (χ0v) is 12.6. The van der Waals surface area contributed by atoms with Crippen molar-refractivity contribution >= 4 is 9.84 Å². The van der Waals surface area contributed by atoms with Gasteiger partial charge in [0, 0.05) is 13.1 Å². The predicted molar refractivity (Wildman–Crippen MR) is 78.8 cm³/mol. The Morgan fingerprint density at radius 3 is 2.32 bits per heavy atom. The maximum Gasteiger partial charge on any atom is 0.179 e. The number of sulfone groups is 1. The monoisotopic (exact) mass is 284 g/mol. The summed E-state index contributed by atoms with van der Waals surface area (Å²) in [5.41, 5.74) is 6.44. The number of nitrogens with two attached hydrogens (primary N) is 1. The third-order valence-electron chi connectivity index (χ3n) is 3.15. The van der Waals surface area contributed by atoms with Gasteiger partial charge in [0.25, 0.3) is 0 Å². The van der Waals surface area contributed by atoms with Crippen LogP contribution in [0.5, 0.6) is 0 Å². The van der Waals surface area contributed by atoms with Crippen LogP contribution in [0, 0.1) is 0 Å². The lowest BCUT2D eigenvalue weighted by Crippen LogP contribution is -2.26. The Bertz CT molecular complexity index is 469. The predicted octanol–water partition coefficient (Wildman–Crippen LogP) is 1.65. The number of benzene rings is 1. The molecule has 0 fully saturated rings. The molecule has 1 aromatic rings. The van der Waals surface area contributed by atoms with E-state index in [0.717, 1.165) is 24.9 Å². The summed E-state index contributed by atoms with van der Waals surface area (Å²) in [4.78, 5) is 2.45. The van der Waals surface area contributed by atoms with Crippen molar-refractivity contribution in [2.75, 3.05) is 25.9 Å². The molecule has 0 saturated carbocycles. The Balaban J connectivity index is 2.59. The van der Waals surface area contributed by atoms with Crippen molar-refractivity contribution in [2.45, 2.75) is 31.2 Å². The third-order valence-corrected chi connectivity index (χ3v) is 4.86. The summed E-state index contributed by atoms with van der Waals surface area (Å²) in [5.74, 6) is 0.162. The zero-order chi connectivity index (χ0) is 14.3. The first kappa shape index (κ1) is 16.1. The van der Waals surface area contributed by atoms with Crippen LogP contribution in [0.3, 0.4) is 0 Å². The minimum atomic E-state index is -3.19. The standard InChI is InChI=1S/C14H24N2O2S/c1-3-4-9-16(2)10-11-19(17,18)14-7-5-13(12-15)6-8-14/h5-8H,3-4,9-12,15H2,1-2H3. The van der Waals surface area contributed by atoms with E-state index in [2.05, 4.69) is 11.8 Å². The van der Waals surface area contributed by atoms with E-state index in [1.807, 2.05) is 7.05 Å². The minimum Gasteiger partial charge on any atom is -0.326 e. The van der Waals surface area contributed by atoms with E-state index in [-0.39, 0.29) is 5.75 Å². The lowest BCUT2D eigenvalue weighted by molar-refractivity contribution is 0.346. The molecular weight excluding hydrogens is 260 g/mol. The van der Waals surface area contributed by atoms with Crippen molar-refractivity contribution in [1.29, 1.82) is 0 Å². The molecule has 0 radical (unpaired) electrons. The van der Waals surface area contributed by atoms with E-state index >= 15 is 0 Å². The van der Waals surface area contributed by atoms with Crippen LogP contribution in [0.15, 0.2) is 29.2 Å². The average molecular weight is 284 g/mol. The summed E-state index contributed by atoms with van der Waals surface area (Å²) in [6.45, 7) is 4.07. The second-order valence-electron chi connectivity index (χ2n) is 4.82. The Hall–Kier alpha value is -0.910. The molecule has 0 saturated heterocycles. The van der Waals surface area contributed by atoms with Gasteiger partial charge in [0.05, 0.1) is 10.6 Å². The van der Waals surface area contributed by atoms with E-state index in [0.29, 0.717) is 18.0 Å². The molecule has 0 aliphatic carbocycles. The van der Waals surface area contributed by atoms with Crippen LogP contribution < -0.4 is 5.73 Å². The van der Waals surface area contributed by atoms with Crippen molar-refractivity contribution in [3.63, 3.8) is 0 Å². The largest absolute Gasteiger partial charge is 0.326 e. The Morgan fingerprint density at radius 2 is 1.79 bits per heavy atom. The van der Waals surface area contributed by atoms with Gasteiger partial charge in [-0.15, -0.1) is 0 Å². The maximum atomic E-state index is 12.2. The highest BCUT2D eigenvalue weighted by Crippen LogP contribution is 2.12. The first-order chi connectivity index (χ1) is 8.99. The first-order valence-electron chi connectivity index (χ1n) is 6.70. The van der Waals surface area contributed by atoms with Crippen LogP contribution >= 0.6 is 0 Å². The highest BCUT2D eigenvalue weighted by Gasteiger charge is 2.14. The summed E-state index contributed by atoms with van der Waals surface area (Å²) in [6, 6.07) is 6.83. The summed E-state index contributed by atoms with van der Waals surface area (Å²) in [6.07, 6.45) is 2.22. The Labute approximate surface area is 116 Å². The molecule has 19 heavy (non-hydrogen) atoms. The normalized spacial score (nSPS) is 12.0. The molecular formula is C14H24N2O2S. The van der Waals surface area contributed by atoms with E-state index in [4.69, 9.17) is 5.73 Å². The Morgan fingerprint density at radius 1 is 1.16 bits per heavy atom. The van der Waals surface area contributed by atoms with E-state index < -0.39 is 9.84 Å². The molecule has 0 amide bonds. The fourth-order valence-electron chi connectivity index (χ4n) is 1.77. The lowest BCUT2D eigenvalue weighted by atomic mass is 10.2. The van der Waals surface area contributed by atoms with Crippen LogP contribution in [0.4, 0.5) is 0 Å². The molecule has 0 atom stereocenters. The van der Waals surface area contributed by atoms with Gasteiger partial charge >= 0.3 is 0 Å². The molecule has 108 valence electrons. The molecule has 5 heteroatoms. The summed E-state index contributed by atoms with van der Waals surface area (Å²) in [7, 11) is -1.23. The second kappa shape index (κ2) is 7.62. The quantitative estimate of drug-likeness (QED) is 0.788. The molecule has 4 nitrogen and oxygen atoms in total. The number of rotatable bonds is 8. The topological polar surface area (TPSA) is 63.4 Å². The van der Waals surface area contributed by atoms with Crippen LogP contribution in [0.25, 0.3) is 0 Å². The molecule has 0 unspecified atom stereocenters. The van der Waals surface area contributed by atoms with Gasteiger partial charge in [-0.1, -0.05) is 25.5 Å². The fraction of sp³-hybridized carbons (Fsp3) is 0.571. The van der Waals surface area contributed by atoms with Gasteiger partial charge in [-0.2, -0.15) is 0 Å². The molecule has 0 aliphatic rings. The molecule has 1 rings (SSSR count). The van der Waals surface area contributed by atoms with Crippen LogP contribution in [-0.2, 0) is 16.4 Å². The van der Waals surface area contributed by atoms with Gasteiger partial charge in [0.15, 0.2) is 9.84 Å². The fourth-order valence-corrected chi connectivity index (χ4v) is 3.11. The van der Waals surface area contributed by atoms with Gasteiger partial charge in [-0.25, -0.2) is 8.42 Å². The molecule has 0 spiro atoms. The van der Waals surface area contributed by atoms with Gasteiger partial charge in [-0.05, 0) is 37.7 Å². The zero-order valence-electron chi connectivity index (χ0n) is 11.8. The smallest absolute Gasteiger partial charge is 0.179 e. The van der Waals surface area contributed by atoms with Crippen LogP contribution in [0.2, 0.25) is 0 Å². The number of unbranched alkanes of at least 4 members (excludes halogenated alkanes) is 1. The number of nitrogens with zero attached hydrogens (tertiary/aromatic N) is 1. The molecule has 2 N–H and O–H groups in total. The average Bonchev–Trinajstić information content (AvgIpc) is 2.43. The highest BCUT2D eigenvalue weighted by molar-refractivity contribution is 7.91. The lowest BCUT2D eigenvalue weighted by Gasteiger charge is -2.16. The van der Waals surface area contributed by atoms with Gasteiger partial charge in [0.1, 0.15) is 0 Å². The summed E-state index contributed by atoms with van der Waals surface area (Å²) >= 11 is 0. The maximum absolute atomic E-state index is 12.2. The van der Waals surface area contributed by atoms with E-state index in [1.165, 1.54) is 0 Å². The van der Waals surface area contributed by atoms with E-state index in [1.54, 1.807) is 24.3 Å². The number of hydrogen-bond acceptors (Lipinski definition) is 4. The van der Waals surface area contributed by atoms with E-state index in [9.17, 15) is 8.42 Å². The van der Waals surface area contributed by atoms with Crippen LogP contribution in [0.1, 0.15) is 25.3 Å². The molecule has 0 aliphatic heterocycles. The van der Waals surface area contributed by atoms with Gasteiger partial charge < -0.3 is 10.6 Å². The summed E-state index contributed by atoms with van der Waals surface area (Å²) < 4.78 is 24.3. The van der Waals surface area contributed by atoms with Crippen molar-refractivity contribution in [1.82, 2.24) is 4.90 Å². The number of hydrogen-bond donors (Lipinski definition) is 1. The third kappa shape index (κ3) is 5.30. The van der Waals surface area contributed by atoms with Gasteiger partial charge in [-0.3, -0.25) is 0 Å². The van der Waals surface area contributed by atoms with Crippen molar-refractivity contribution in [2.24, 2.45) is 5.73 Å². The first-order valence-corrected chi connectivity index (χ1v) is 8.35. The molecule has 0 bridgehead atoms. The van der Waals surface area contributed by atoms with Crippen LogP contribution in [-0.4, -0.2) is 39.2 Å². The molecule has 0 aromatic heterocycles. The van der Waals surface area contributed by atoms with Crippen molar-refractivity contribution in [3.05, 3.63) is 29.8 Å². The second-order valence-corrected chi connectivity index (χ2v) is 6.93. The SMILES string of the molecule is CCCCN(C)CCS(=O)(=O)c1ccc(CN)cc1. The van der Waals surface area contributed by atoms with Crippen molar-refractivity contribution in [3.8, 4) is 0 Å². The minimum absolute atomic E-state index is 0.162. The molecule has 1 aromatic carbocycles. The highest BCUT2D eigenvalue weighted by atomic mass is 32.2. The molecule has 0 heterocycles. The Kier molecular flexibility index (Phi) is 6.48.